The van der Waals surface area contributed by atoms with E-state index in [2.05, 4.69) is 27.7 Å². The zero-order valence-electron chi connectivity index (χ0n) is 9.15. The molecule has 1 heteroatoms. The van der Waals surface area contributed by atoms with E-state index in [1.165, 1.54) is 25.7 Å². The molecule has 0 rings (SSSR count). The first-order valence-electron chi connectivity index (χ1n) is 5.20. The summed E-state index contributed by atoms with van der Waals surface area (Å²) in [4.78, 5) is 0. The molecule has 0 saturated carbocycles. The average molecular weight is 172 g/mol. The van der Waals surface area contributed by atoms with E-state index in [0.717, 1.165) is 13.2 Å². The fourth-order valence-electron chi connectivity index (χ4n) is 0.874. The van der Waals surface area contributed by atoms with Gasteiger partial charge in [0, 0.05) is 13.2 Å². The highest BCUT2D eigenvalue weighted by atomic mass is 16.5. The number of ether oxygens (including phenoxy) is 1. The lowest BCUT2D eigenvalue weighted by Crippen LogP contribution is -2.13. The second-order valence-corrected chi connectivity index (χ2v) is 4.23. The zero-order valence-corrected chi connectivity index (χ0v) is 9.15. The molecule has 0 fully saturated rings. The molecule has 0 aromatic rings. The Balaban J connectivity index is 3.19. The molecule has 0 saturated heterocycles. The van der Waals surface area contributed by atoms with Crippen LogP contribution in [-0.2, 0) is 4.74 Å². The summed E-state index contributed by atoms with van der Waals surface area (Å²) in [6.45, 7) is 10.9. The normalized spacial score (nSPS) is 12.0. The van der Waals surface area contributed by atoms with Crippen LogP contribution in [0.2, 0.25) is 0 Å². The highest BCUT2D eigenvalue weighted by Crippen LogP contribution is 2.23. The smallest absolute Gasteiger partial charge is 0.0471 e. The summed E-state index contributed by atoms with van der Waals surface area (Å²) in [7, 11) is 0. The lowest BCUT2D eigenvalue weighted by Gasteiger charge is -2.21. The number of hydrogen-bond donors (Lipinski definition) is 0. The summed E-state index contributed by atoms with van der Waals surface area (Å²) in [5.74, 6) is 0. The van der Waals surface area contributed by atoms with Gasteiger partial charge in [0.1, 0.15) is 0 Å². The van der Waals surface area contributed by atoms with Crippen molar-refractivity contribution in [2.45, 2.75) is 53.4 Å². The summed E-state index contributed by atoms with van der Waals surface area (Å²) in [5.41, 5.74) is 0.464. The van der Waals surface area contributed by atoms with Crippen molar-refractivity contribution >= 4 is 0 Å². The second kappa shape index (κ2) is 6.47. The Morgan fingerprint density at radius 1 is 1.08 bits per heavy atom. The van der Waals surface area contributed by atoms with Crippen molar-refractivity contribution in [3.05, 3.63) is 0 Å². The summed E-state index contributed by atoms with van der Waals surface area (Å²) >= 11 is 0. The topological polar surface area (TPSA) is 9.23 Å². The van der Waals surface area contributed by atoms with Gasteiger partial charge >= 0.3 is 0 Å². The standard InChI is InChI=1S/C11H24O/c1-5-7-9-12-10-8-11(3,4)6-2/h5-10H2,1-4H3. The highest BCUT2D eigenvalue weighted by Gasteiger charge is 2.13. The van der Waals surface area contributed by atoms with Gasteiger partial charge in [-0.15, -0.1) is 0 Å². The number of hydrogen-bond acceptors (Lipinski definition) is 1. The highest BCUT2D eigenvalue weighted by molar-refractivity contribution is 4.65. The minimum absolute atomic E-state index is 0.464. The van der Waals surface area contributed by atoms with Crippen LogP contribution < -0.4 is 0 Å². The van der Waals surface area contributed by atoms with E-state index >= 15 is 0 Å². The van der Waals surface area contributed by atoms with Gasteiger partial charge in [-0.05, 0) is 18.3 Å². The first-order chi connectivity index (χ1) is 5.62. The Morgan fingerprint density at radius 2 is 1.75 bits per heavy atom. The van der Waals surface area contributed by atoms with E-state index in [1.54, 1.807) is 0 Å². The molecular formula is C11H24O. The summed E-state index contributed by atoms with van der Waals surface area (Å²) in [6.07, 6.45) is 4.86. The number of rotatable bonds is 7. The molecule has 12 heavy (non-hydrogen) atoms. The van der Waals surface area contributed by atoms with Gasteiger partial charge in [0.2, 0.25) is 0 Å². The van der Waals surface area contributed by atoms with Crippen LogP contribution >= 0.6 is 0 Å². The van der Waals surface area contributed by atoms with Crippen molar-refractivity contribution in [2.75, 3.05) is 13.2 Å². The lowest BCUT2D eigenvalue weighted by atomic mass is 9.87. The van der Waals surface area contributed by atoms with Gasteiger partial charge in [-0.2, -0.15) is 0 Å². The van der Waals surface area contributed by atoms with Crippen molar-refractivity contribution in [3.8, 4) is 0 Å². The van der Waals surface area contributed by atoms with Crippen LogP contribution in [0, 0.1) is 5.41 Å². The predicted molar refractivity (Wildman–Crippen MR) is 54.4 cm³/mol. The molecule has 0 aliphatic rings. The maximum Gasteiger partial charge on any atom is 0.0471 e. The van der Waals surface area contributed by atoms with Gasteiger partial charge in [-0.1, -0.05) is 40.5 Å². The third-order valence-electron chi connectivity index (χ3n) is 2.52. The van der Waals surface area contributed by atoms with E-state index in [0.29, 0.717) is 5.41 Å². The van der Waals surface area contributed by atoms with Gasteiger partial charge in [-0.25, -0.2) is 0 Å². The van der Waals surface area contributed by atoms with Gasteiger partial charge in [0.25, 0.3) is 0 Å². The molecule has 0 aliphatic heterocycles. The largest absolute Gasteiger partial charge is 0.381 e. The number of unbranched alkanes of at least 4 members (excludes halogenated alkanes) is 1. The maximum absolute atomic E-state index is 5.51. The third-order valence-corrected chi connectivity index (χ3v) is 2.52. The quantitative estimate of drug-likeness (QED) is 0.533. The van der Waals surface area contributed by atoms with E-state index in [1.807, 2.05) is 0 Å². The Kier molecular flexibility index (Phi) is 6.45. The minimum atomic E-state index is 0.464. The van der Waals surface area contributed by atoms with Crippen LogP contribution in [0.15, 0.2) is 0 Å². The van der Waals surface area contributed by atoms with Gasteiger partial charge in [0.05, 0.1) is 0 Å². The molecule has 74 valence electrons. The molecule has 0 aromatic heterocycles. The minimum Gasteiger partial charge on any atom is -0.381 e. The van der Waals surface area contributed by atoms with Crippen LogP contribution in [0.5, 0.6) is 0 Å². The van der Waals surface area contributed by atoms with Gasteiger partial charge in [0.15, 0.2) is 0 Å². The van der Waals surface area contributed by atoms with Gasteiger partial charge < -0.3 is 4.74 Å². The SMILES string of the molecule is CCCCOCCC(C)(C)CC. The monoisotopic (exact) mass is 172 g/mol. The van der Waals surface area contributed by atoms with Gasteiger partial charge in [-0.3, -0.25) is 0 Å². The van der Waals surface area contributed by atoms with E-state index in [9.17, 15) is 0 Å². The Labute approximate surface area is 77.5 Å². The van der Waals surface area contributed by atoms with Crippen molar-refractivity contribution in [1.29, 1.82) is 0 Å². The average Bonchev–Trinajstić information content (AvgIpc) is 2.04. The fourth-order valence-corrected chi connectivity index (χ4v) is 0.874. The molecule has 0 unspecified atom stereocenters. The molecule has 0 amide bonds. The molecule has 0 atom stereocenters. The predicted octanol–water partition coefficient (Wildman–Crippen LogP) is 3.63. The van der Waals surface area contributed by atoms with E-state index < -0.39 is 0 Å². The van der Waals surface area contributed by atoms with Crippen molar-refractivity contribution in [3.63, 3.8) is 0 Å². The first kappa shape index (κ1) is 12.0. The molecular weight excluding hydrogens is 148 g/mol. The van der Waals surface area contributed by atoms with Crippen LogP contribution in [0.3, 0.4) is 0 Å². The second-order valence-electron chi connectivity index (χ2n) is 4.23. The molecule has 0 aromatic carbocycles. The first-order valence-corrected chi connectivity index (χ1v) is 5.20. The van der Waals surface area contributed by atoms with Crippen LogP contribution in [-0.4, -0.2) is 13.2 Å². The molecule has 0 heterocycles. The van der Waals surface area contributed by atoms with Crippen LogP contribution in [0.1, 0.15) is 53.4 Å². The van der Waals surface area contributed by atoms with Crippen LogP contribution in [0.25, 0.3) is 0 Å². The Bertz CT molecular complexity index is 97.2. The van der Waals surface area contributed by atoms with Crippen molar-refractivity contribution < 1.29 is 4.74 Å². The Hall–Kier alpha value is -0.0400. The Morgan fingerprint density at radius 3 is 2.25 bits per heavy atom. The van der Waals surface area contributed by atoms with Crippen molar-refractivity contribution in [2.24, 2.45) is 5.41 Å². The fraction of sp³-hybridized carbons (Fsp3) is 1.00. The van der Waals surface area contributed by atoms with Crippen LogP contribution in [0.4, 0.5) is 0 Å². The molecule has 0 bridgehead atoms. The molecule has 0 spiro atoms. The summed E-state index contributed by atoms with van der Waals surface area (Å²) in [5, 5.41) is 0. The third kappa shape index (κ3) is 6.66. The van der Waals surface area contributed by atoms with E-state index in [4.69, 9.17) is 4.74 Å². The zero-order chi connectivity index (χ0) is 9.45. The van der Waals surface area contributed by atoms with E-state index in [-0.39, 0.29) is 0 Å². The molecule has 1 nitrogen and oxygen atoms in total. The molecule has 0 radical (unpaired) electrons. The summed E-state index contributed by atoms with van der Waals surface area (Å²) < 4.78 is 5.51. The maximum atomic E-state index is 5.51. The molecule has 0 aliphatic carbocycles. The lowest BCUT2D eigenvalue weighted by molar-refractivity contribution is 0.100. The summed E-state index contributed by atoms with van der Waals surface area (Å²) in [6, 6.07) is 0. The van der Waals surface area contributed by atoms with Crippen molar-refractivity contribution in [1.82, 2.24) is 0 Å². The molecule has 0 N–H and O–H groups in total.